The van der Waals surface area contributed by atoms with Crippen LogP contribution >= 0.6 is 15.9 Å². The molecule has 0 heterocycles. The van der Waals surface area contributed by atoms with Crippen LogP contribution in [0, 0.1) is 0 Å². The summed E-state index contributed by atoms with van der Waals surface area (Å²) in [5.74, 6) is 0.591. The summed E-state index contributed by atoms with van der Waals surface area (Å²) in [5, 5.41) is 2.69. The Hall–Kier alpha value is -1.36. The van der Waals surface area contributed by atoms with E-state index >= 15 is 0 Å². The zero-order valence-electron chi connectivity index (χ0n) is 9.53. The smallest absolute Gasteiger partial charge is 0.223 e. The Morgan fingerprint density at radius 2 is 2.29 bits per heavy atom. The van der Waals surface area contributed by atoms with Crippen molar-refractivity contribution in [3.05, 3.63) is 28.2 Å². The van der Waals surface area contributed by atoms with Gasteiger partial charge in [-0.3, -0.25) is 9.59 Å². The molecule has 5 heteroatoms. The predicted octanol–water partition coefficient (Wildman–Crippen LogP) is 2.17. The molecule has 0 fully saturated rings. The van der Waals surface area contributed by atoms with E-state index in [-0.39, 0.29) is 5.91 Å². The molecule has 0 atom stereocenters. The summed E-state index contributed by atoms with van der Waals surface area (Å²) in [4.78, 5) is 21.7. The van der Waals surface area contributed by atoms with Crippen LogP contribution in [0.1, 0.15) is 23.7 Å². The van der Waals surface area contributed by atoms with Gasteiger partial charge in [-0.1, -0.05) is 0 Å². The normalized spacial score (nSPS) is 9.76. The van der Waals surface area contributed by atoms with Gasteiger partial charge in [0, 0.05) is 12.1 Å². The van der Waals surface area contributed by atoms with Crippen molar-refractivity contribution in [3.63, 3.8) is 0 Å². The van der Waals surface area contributed by atoms with Gasteiger partial charge in [0.15, 0.2) is 0 Å². The molecule has 0 aliphatic heterocycles. The van der Waals surface area contributed by atoms with Crippen LogP contribution in [0.4, 0.5) is 0 Å². The first-order valence-electron chi connectivity index (χ1n) is 5.31. The number of rotatable bonds is 6. The zero-order valence-corrected chi connectivity index (χ0v) is 11.1. The summed E-state index contributed by atoms with van der Waals surface area (Å²) in [6, 6.07) is 5.04. The van der Waals surface area contributed by atoms with Crippen molar-refractivity contribution < 1.29 is 14.3 Å². The van der Waals surface area contributed by atoms with Gasteiger partial charge in [-0.05, 0) is 41.1 Å². The van der Waals surface area contributed by atoms with Gasteiger partial charge in [-0.2, -0.15) is 0 Å². The number of halogens is 1. The Bertz CT molecular complexity index is 407. The average molecular weight is 300 g/mol. The molecule has 0 spiro atoms. The molecule has 1 rings (SSSR count). The van der Waals surface area contributed by atoms with Gasteiger partial charge in [0.05, 0.1) is 17.5 Å². The third-order valence-corrected chi connectivity index (χ3v) is 2.67. The molecule has 0 radical (unpaired) electrons. The highest BCUT2D eigenvalue weighted by atomic mass is 79.9. The fourth-order valence-electron chi connectivity index (χ4n) is 1.25. The molecular weight excluding hydrogens is 286 g/mol. The molecule has 1 aromatic rings. The van der Waals surface area contributed by atoms with Gasteiger partial charge in [0.1, 0.15) is 12.0 Å². The van der Waals surface area contributed by atoms with Gasteiger partial charge >= 0.3 is 0 Å². The summed E-state index contributed by atoms with van der Waals surface area (Å²) >= 11 is 3.30. The number of hydrogen-bond donors (Lipinski definition) is 1. The quantitative estimate of drug-likeness (QED) is 0.819. The van der Waals surface area contributed by atoms with E-state index in [9.17, 15) is 9.59 Å². The number of nitrogens with one attached hydrogen (secondary N) is 1. The first kappa shape index (κ1) is 13.7. The fraction of sp³-hybridized carbons (Fsp3) is 0.333. The van der Waals surface area contributed by atoms with E-state index in [0.717, 1.165) is 6.29 Å². The molecule has 0 unspecified atom stereocenters. The van der Waals surface area contributed by atoms with E-state index in [1.165, 1.54) is 0 Å². The van der Waals surface area contributed by atoms with Gasteiger partial charge in [0.2, 0.25) is 5.91 Å². The summed E-state index contributed by atoms with van der Waals surface area (Å²) in [7, 11) is 0. The summed E-state index contributed by atoms with van der Waals surface area (Å²) in [6.45, 7) is 2.80. The second-order valence-corrected chi connectivity index (χ2v) is 4.21. The topological polar surface area (TPSA) is 55.4 Å². The summed E-state index contributed by atoms with van der Waals surface area (Å²) in [5.41, 5.74) is 0.577. The van der Waals surface area contributed by atoms with Crippen LogP contribution in [0.15, 0.2) is 22.7 Å². The molecular formula is C12H14BrNO3. The van der Waals surface area contributed by atoms with Crippen molar-refractivity contribution in [1.29, 1.82) is 0 Å². The monoisotopic (exact) mass is 299 g/mol. The van der Waals surface area contributed by atoms with Gasteiger partial charge in [0.25, 0.3) is 0 Å². The second-order valence-electron chi connectivity index (χ2n) is 3.36. The highest BCUT2D eigenvalue weighted by Gasteiger charge is 2.04. The van der Waals surface area contributed by atoms with Gasteiger partial charge < -0.3 is 10.1 Å². The first-order valence-corrected chi connectivity index (χ1v) is 6.11. The number of carbonyl (C=O) groups excluding carboxylic acids is 2. The molecule has 1 amide bonds. The lowest BCUT2D eigenvalue weighted by Gasteiger charge is -2.08. The minimum absolute atomic E-state index is 0.0341. The van der Waals surface area contributed by atoms with Crippen LogP contribution in [-0.2, 0) is 4.79 Å². The van der Waals surface area contributed by atoms with E-state index < -0.39 is 0 Å². The summed E-state index contributed by atoms with van der Waals surface area (Å²) < 4.78 is 6.14. The maximum Gasteiger partial charge on any atom is 0.223 e. The Morgan fingerprint density at radius 3 is 2.88 bits per heavy atom. The van der Waals surface area contributed by atoms with E-state index in [0.29, 0.717) is 35.4 Å². The molecule has 0 saturated heterocycles. The predicted molar refractivity (Wildman–Crippen MR) is 68.3 cm³/mol. The van der Waals surface area contributed by atoms with Crippen LogP contribution < -0.4 is 10.1 Å². The number of amides is 1. The number of carbonyl (C=O) groups is 2. The highest BCUT2D eigenvalue weighted by Crippen LogP contribution is 2.25. The SMILES string of the molecule is CCNC(=O)CCOc1ccc(C=O)cc1Br. The van der Waals surface area contributed by atoms with E-state index in [1.54, 1.807) is 18.2 Å². The lowest BCUT2D eigenvalue weighted by Crippen LogP contribution is -2.24. The second kappa shape index (κ2) is 7.06. The third-order valence-electron chi connectivity index (χ3n) is 2.05. The Kier molecular flexibility index (Phi) is 5.69. The molecule has 0 saturated carbocycles. The maximum absolute atomic E-state index is 11.2. The van der Waals surface area contributed by atoms with Crippen molar-refractivity contribution in [2.24, 2.45) is 0 Å². The molecule has 0 aliphatic rings. The number of ether oxygens (including phenoxy) is 1. The van der Waals surface area contributed by atoms with Crippen molar-refractivity contribution in [3.8, 4) is 5.75 Å². The molecule has 1 N–H and O–H groups in total. The van der Waals surface area contributed by atoms with Gasteiger partial charge in [-0.25, -0.2) is 0 Å². The van der Waals surface area contributed by atoms with Crippen LogP contribution in [0.25, 0.3) is 0 Å². The van der Waals surface area contributed by atoms with Crippen molar-refractivity contribution in [1.82, 2.24) is 5.32 Å². The van der Waals surface area contributed by atoms with Crippen LogP contribution in [0.3, 0.4) is 0 Å². The Morgan fingerprint density at radius 1 is 1.53 bits per heavy atom. The average Bonchev–Trinajstić information content (AvgIpc) is 2.31. The molecule has 0 bridgehead atoms. The van der Waals surface area contributed by atoms with E-state index in [4.69, 9.17) is 4.74 Å². The lowest BCUT2D eigenvalue weighted by atomic mass is 10.2. The third kappa shape index (κ3) is 4.56. The first-order chi connectivity index (χ1) is 8.17. The molecule has 17 heavy (non-hydrogen) atoms. The van der Waals surface area contributed by atoms with Crippen LogP contribution in [0.2, 0.25) is 0 Å². The van der Waals surface area contributed by atoms with Crippen LogP contribution in [0.5, 0.6) is 5.75 Å². The zero-order chi connectivity index (χ0) is 12.7. The molecule has 1 aromatic carbocycles. The fourth-order valence-corrected chi connectivity index (χ4v) is 1.76. The van der Waals surface area contributed by atoms with E-state index in [2.05, 4.69) is 21.2 Å². The Labute approximate surface area is 108 Å². The lowest BCUT2D eigenvalue weighted by molar-refractivity contribution is -0.121. The molecule has 0 aliphatic carbocycles. The standard InChI is InChI=1S/C12H14BrNO3/c1-2-14-12(16)5-6-17-11-4-3-9(8-15)7-10(11)13/h3-4,7-8H,2,5-6H2,1H3,(H,14,16). The summed E-state index contributed by atoms with van der Waals surface area (Å²) in [6.07, 6.45) is 1.08. The van der Waals surface area contributed by atoms with E-state index in [1.807, 2.05) is 6.92 Å². The number of benzene rings is 1. The van der Waals surface area contributed by atoms with Gasteiger partial charge in [-0.15, -0.1) is 0 Å². The van der Waals surface area contributed by atoms with Crippen molar-refractivity contribution >= 4 is 28.1 Å². The molecule has 0 aromatic heterocycles. The maximum atomic E-state index is 11.2. The number of hydrogen-bond acceptors (Lipinski definition) is 3. The molecule has 4 nitrogen and oxygen atoms in total. The van der Waals surface area contributed by atoms with Crippen molar-refractivity contribution in [2.75, 3.05) is 13.2 Å². The minimum atomic E-state index is -0.0341. The van der Waals surface area contributed by atoms with Crippen LogP contribution in [-0.4, -0.2) is 25.3 Å². The highest BCUT2D eigenvalue weighted by molar-refractivity contribution is 9.10. The largest absolute Gasteiger partial charge is 0.492 e. The minimum Gasteiger partial charge on any atom is -0.492 e. The van der Waals surface area contributed by atoms with Crippen molar-refractivity contribution in [2.45, 2.75) is 13.3 Å². The molecule has 92 valence electrons. The number of aldehydes is 1. The Balaban J connectivity index is 2.47.